The number of esters is 1. The van der Waals surface area contributed by atoms with E-state index in [9.17, 15) is 9.59 Å². The molecule has 0 fully saturated rings. The Hall–Kier alpha value is -2.10. The molecule has 38 heavy (non-hydrogen) atoms. The average Bonchev–Trinajstić information content (AvgIpc) is 2.87. The summed E-state index contributed by atoms with van der Waals surface area (Å²) in [5.41, 5.74) is 0.630. The van der Waals surface area contributed by atoms with E-state index in [-0.39, 0.29) is 11.6 Å². The standard InChI is InChI=1S/C24H48O2.C10H10O2/c1-5-6-7-8-9-10-11-12-13-14-15-16-17-18-19-20-21-22-23(25)26-24(2,3)4;1-2-5-9-6-3-4-7-10(9)12-8-11/h5-22H2,1-4H3;2-4,6-8H,1,5H2. The van der Waals surface area contributed by atoms with Gasteiger partial charge in [-0.2, -0.15) is 0 Å². The Labute approximate surface area is 235 Å². The van der Waals surface area contributed by atoms with Gasteiger partial charge in [0.15, 0.2) is 0 Å². The molecule has 0 bridgehead atoms. The average molecular weight is 531 g/mol. The molecular weight excluding hydrogens is 472 g/mol. The van der Waals surface area contributed by atoms with Crippen molar-refractivity contribution in [2.45, 2.75) is 155 Å². The first-order valence-corrected chi connectivity index (χ1v) is 15.3. The highest BCUT2D eigenvalue weighted by molar-refractivity contribution is 5.69. The van der Waals surface area contributed by atoms with E-state index in [4.69, 9.17) is 9.47 Å². The van der Waals surface area contributed by atoms with Crippen LogP contribution >= 0.6 is 0 Å². The van der Waals surface area contributed by atoms with Gasteiger partial charge in [-0.3, -0.25) is 9.59 Å². The van der Waals surface area contributed by atoms with Gasteiger partial charge < -0.3 is 9.47 Å². The minimum Gasteiger partial charge on any atom is -0.460 e. The molecule has 0 aromatic heterocycles. The maximum Gasteiger partial charge on any atom is 0.306 e. The quantitative estimate of drug-likeness (QED) is 0.0647. The topological polar surface area (TPSA) is 52.6 Å². The highest BCUT2D eigenvalue weighted by Crippen LogP contribution is 2.18. The van der Waals surface area contributed by atoms with Crippen LogP contribution in [0.3, 0.4) is 0 Å². The number of hydrogen-bond donors (Lipinski definition) is 0. The largest absolute Gasteiger partial charge is 0.460 e. The van der Waals surface area contributed by atoms with Gasteiger partial charge >= 0.3 is 5.97 Å². The highest BCUT2D eigenvalue weighted by atomic mass is 16.6. The van der Waals surface area contributed by atoms with Crippen LogP contribution in [0.15, 0.2) is 36.9 Å². The van der Waals surface area contributed by atoms with Crippen LogP contribution in [0.5, 0.6) is 5.75 Å². The van der Waals surface area contributed by atoms with Gasteiger partial charge in [-0.25, -0.2) is 0 Å². The first kappa shape index (κ1) is 35.9. The first-order valence-electron chi connectivity index (χ1n) is 15.3. The molecule has 0 N–H and O–H groups in total. The zero-order valence-electron chi connectivity index (χ0n) is 25.2. The van der Waals surface area contributed by atoms with Crippen LogP contribution in [0, 0.1) is 0 Å². The van der Waals surface area contributed by atoms with Crippen LogP contribution in [-0.2, 0) is 20.7 Å². The van der Waals surface area contributed by atoms with Crippen molar-refractivity contribution >= 4 is 12.4 Å². The summed E-state index contributed by atoms with van der Waals surface area (Å²) in [6, 6.07) is 7.38. The molecule has 0 radical (unpaired) electrons. The van der Waals surface area contributed by atoms with Crippen LogP contribution in [0.4, 0.5) is 0 Å². The van der Waals surface area contributed by atoms with Gasteiger partial charge in [-0.15, -0.1) is 6.58 Å². The Balaban J connectivity index is 0.000000942. The molecule has 1 aromatic rings. The van der Waals surface area contributed by atoms with Crippen molar-refractivity contribution in [1.82, 2.24) is 0 Å². The van der Waals surface area contributed by atoms with E-state index in [0.29, 0.717) is 25.1 Å². The molecular formula is C34H58O4. The van der Waals surface area contributed by atoms with Crippen molar-refractivity contribution in [1.29, 1.82) is 0 Å². The van der Waals surface area contributed by atoms with E-state index in [1.165, 1.54) is 96.3 Å². The lowest BCUT2D eigenvalue weighted by molar-refractivity contribution is -0.154. The summed E-state index contributed by atoms with van der Waals surface area (Å²) in [4.78, 5) is 21.7. The van der Waals surface area contributed by atoms with Crippen molar-refractivity contribution < 1.29 is 19.1 Å². The van der Waals surface area contributed by atoms with Crippen LogP contribution < -0.4 is 4.74 Å². The zero-order chi connectivity index (χ0) is 28.3. The summed E-state index contributed by atoms with van der Waals surface area (Å²) >= 11 is 0. The van der Waals surface area contributed by atoms with Crippen LogP contribution in [0.25, 0.3) is 0 Å². The van der Waals surface area contributed by atoms with Crippen molar-refractivity contribution in [2.75, 3.05) is 0 Å². The van der Waals surface area contributed by atoms with E-state index < -0.39 is 0 Å². The molecule has 0 unspecified atom stereocenters. The second-order valence-electron chi connectivity index (χ2n) is 11.3. The van der Waals surface area contributed by atoms with Gasteiger partial charge in [0, 0.05) is 6.42 Å². The smallest absolute Gasteiger partial charge is 0.306 e. The fraction of sp³-hybridized carbons (Fsp3) is 0.706. The predicted octanol–water partition coefficient (Wildman–Crippen LogP) is 10.3. The summed E-state index contributed by atoms with van der Waals surface area (Å²) in [6.45, 7) is 12.1. The summed E-state index contributed by atoms with van der Waals surface area (Å²) in [7, 11) is 0. The highest BCUT2D eigenvalue weighted by Gasteiger charge is 2.15. The number of benzene rings is 1. The second kappa shape index (κ2) is 25.2. The molecule has 0 aliphatic rings. The van der Waals surface area contributed by atoms with E-state index in [1.54, 1.807) is 12.1 Å². The SMILES string of the molecule is C=CCc1ccccc1OC=O.CCCCCCCCCCCCCCCCCCCC(=O)OC(C)(C)C. The number of carbonyl (C=O) groups is 2. The molecule has 1 aromatic carbocycles. The fourth-order valence-electron chi connectivity index (χ4n) is 4.38. The molecule has 1 rings (SSSR count). The van der Waals surface area contributed by atoms with Crippen molar-refractivity contribution in [3.05, 3.63) is 42.5 Å². The summed E-state index contributed by atoms with van der Waals surface area (Å²) < 4.78 is 10.1. The number of unbranched alkanes of at least 4 members (excludes halogenated alkanes) is 16. The fourth-order valence-corrected chi connectivity index (χ4v) is 4.38. The van der Waals surface area contributed by atoms with Gasteiger partial charge in [-0.05, 0) is 45.2 Å². The lowest BCUT2D eigenvalue weighted by atomic mass is 10.0. The van der Waals surface area contributed by atoms with Crippen LogP contribution in [-0.4, -0.2) is 18.0 Å². The maximum absolute atomic E-state index is 11.6. The molecule has 4 nitrogen and oxygen atoms in total. The van der Waals surface area contributed by atoms with Gasteiger partial charge in [-0.1, -0.05) is 134 Å². The molecule has 0 spiro atoms. The van der Waals surface area contributed by atoms with Gasteiger partial charge in [0.05, 0.1) is 0 Å². The van der Waals surface area contributed by atoms with Crippen molar-refractivity contribution in [3.8, 4) is 5.75 Å². The van der Waals surface area contributed by atoms with Crippen LogP contribution in [0.1, 0.15) is 149 Å². The Bertz CT molecular complexity index is 676. The minimum absolute atomic E-state index is 0.0431. The molecule has 0 saturated heterocycles. The van der Waals surface area contributed by atoms with E-state index in [2.05, 4.69) is 13.5 Å². The van der Waals surface area contributed by atoms with Crippen LogP contribution in [0.2, 0.25) is 0 Å². The Morgan fingerprint density at radius 2 is 1.21 bits per heavy atom. The molecule has 0 aliphatic carbocycles. The normalized spacial score (nSPS) is 10.8. The number of hydrogen-bond acceptors (Lipinski definition) is 4. The zero-order valence-corrected chi connectivity index (χ0v) is 25.2. The van der Waals surface area contributed by atoms with Crippen molar-refractivity contribution in [2.24, 2.45) is 0 Å². The van der Waals surface area contributed by atoms with Crippen molar-refractivity contribution in [3.63, 3.8) is 0 Å². The van der Waals surface area contributed by atoms with Gasteiger partial charge in [0.1, 0.15) is 11.4 Å². The molecule has 0 atom stereocenters. The monoisotopic (exact) mass is 530 g/mol. The second-order valence-corrected chi connectivity index (χ2v) is 11.3. The summed E-state index contributed by atoms with van der Waals surface area (Å²) in [6.07, 6.45) is 26.3. The first-order chi connectivity index (χ1) is 18.3. The Morgan fingerprint density at radius 1 is 0.763 bits per heavy atom. The number of rotatable bonds is 22. The third-order valence-corrected chi connectivity index (χ3v) is 6.42. The molecule has 0 heterocycles. The molecule has 4 heteroatoms. The number of para-hydroxylation sites is 1. The molecule has 0 amide bonds. The lowest BCUT2D eigenvalue weighted by Crippen LogP contribution is -2.23. The van der Waals surface area contributed by atoms with E-state index >= 15 is 0 Å². The van der Waals surface area contributed by atoms with E-state index in [0.717, 1.165) is 18.4 Å². The summed E-state index contributed by atoms with van der Waals surface area (Å²) in [5.74, 6) is 0.561. The van der Waals surface area contributed by atoms with E-state index in [1.807, 2.05) is 39.0 Å². The van der Waals surface area contributed by atoms with Gasteiger partial charge in [0.2, 0.25) is 0 Å². The number of allylic oxidation sites excluding steroid dienone is 1. The molecule has 0 saturated carbocycles. The number of ether oxygens (including phenoxy) is 2. The third-order valence-electron chi connectivity index (χ3n) is 6.42. The Morgan fingerprint density at radius 3 is 1.63 bits per heavy atom. The third kappa shape index (κ3) is 24.2. The minimum atomic E-state index is -0.342. The molecule has 218 valence electrons. The predicted molar refractivity (Wildman–Crippen MR) is 162 cm³/mol. The lowest BCUT2D eigenvalue weighted by Gasteiger charge is -2.19. The Kier molecular flexibility index (Phi) is 23.8. The van der Waals surface area contributed by atoms with Gasteiger partial charge in [0.25, 0.3) is 6.47 Å². The molecule has 0 aliphatic heterocycles. The number of carbonyl (C=O) groups excluding carboxylic acids is 2. The summed E-state index contributed by atoms with van der Waals surface area (Å²) in [5, 5.41) is 0. The maximum atomic E-state index is 11.6.